The van der Waals surface area contributed by atoms with Gasteiger partial charge in [-0.25, -0.2) is 9.69 Å². The number of fused-ring (bicyclic) bond motifs is 4. The smallest absolute Gasteiger partial charge is 0.270 e. The number of hydrogen-bond donors (Lipinski definition) is 0. The van der Waals surface area contributed by atoms with Crippen molar-refractivity contribution in [1.29, 1.82) is 10.5 Å². The second kappa shape index (κ2) is 35.8. The minimum Gasteiger partial charge on any atom is -0.468 e. The summed E-state index contributed by atoms with van der Waals surface area (Å²) in [6, 6.07) is 103. The molecule has 1 atom stereocenters. The molecule has 2 aliphatic carbocycles. The maximum atomic E-state index is 11.4. The van der Waals surface area contributed by atoms with Crippen molar-refractivity contribution in [2.24, 2.45) is 0 Å². The predicted molar refractivity (Wildman–Crippen MR) is 492 cm³/mol. The molecule has 1 spiro atoms. The predicted octanol–water partition coefficient (Wildman–Crippen LogP) is 27.6. The summed E-state index contributed by atoms with van der Waals surface area (Å²) >= 11 is 0. The summed E-state index contributed by atoms with van der Waals surface area (Å²) in [5.74, 6) is 15.2. The van der Waals surface area contributed by atoms with Crippen molar-refractivity contribution in [3.63, 3.8) is 0 Å². The van der Waals surface area contributed by atoms with Crippen molar-refractivity contribution in [3.8, 4) is 154 Å². The topological polar surface area (TPSA) is 143 Å². The van der Waals surface area contributed by atoms with Gasteiger partial charge in [0.1, 0.15) is 92.3 Å². The van der Waals surface area contributed by atoms with Crippen molar-refractivity contribution in [2.45, 2.75) is 56.8 Å². The maximum absolute atomic E-state index is 11.4. The molecular weight excluding hydrogens is 1550 g/mol. The van der Waals surface area contributed by atoms with Gasteiger partial charge in [-0.05, 0) is 216 Å². The highest BCUT2D eigenvalue weighted by Crippen LogP contribution is 2.66. The van der Waals surface area contributed by atoms with Gasteiger partial charge in [0.2, 0.25) is 0 Å². The van der Waals surface area contributed by atoms with Crippen LogP contribution in [0, 0.1) is 85.2 Å². The molecule has 0 fully saturated rings. The monoisotopic (exact) mass is 1630 g/mol. The molecule has 14 aromatic rings. The summed E-state index contributed by atoms with van der Waals surface area (Å²) in [5, 5.41) is 22.8. The van der Waals surface area contributed by atoms with Crippen molar-refractivity contribution in [1.82, 2.24) is 0 Å². The van der Waals surface area contributed by atoms with Crippen molar-refractivity contribution >= 4 is 56.9 Å². The van der Waals surface area contributed by atoms with Gasteiger partial charge in [0.05, 0.1) is 39.3 Å². The number of nitriles is 2. The summed E-state index contributed by atoms with van der Waals surface area (Å²) < 4.78 is 55.6. The third kappa shape index (κ3) is 17.0. The maximum Gasteiger partial charge on any atom is 0.270 e. The van der Waals surface area contributed by atoms with Crippen LogP contribution in [0.1, 0.15) is 73.9 Å². The van der Waals surface area contributed by atoms with Crippen LogP contribution in [0.15, 0.2) is 315 Å². The first kappa shape index (κ1) is 81.6. The highest BCUT2D eigenvalue weighted by molar-refractivity contribution is 5.77. The zero-order valence-corrected chi connectivity index (χ0v) is 68.9. The van der Waals surface area contributed by atoms with E-state index in [9.17, 15) is 10.5 Å². The fraction of sp³-hybridized carbons (Fsp3) is 0.119. The number of ether oxygens (including phenoxy) is 8. The lowest BCUT2D eigenvalue weighted by Crippen LogP contribution is -2.27. The average molecular weight is 1630 g/mol. The Balaban J connectivity index is 0.828. The molecule has 125 heavy (non-hydrogen) atoms. The summed E-state index contributed by atoms with van der Waals surface area (Å²) in [6.45, 7) is 27.6. The second-order valence-electron chi connectivity index (χ2n) is 31.1. The van der Waals surface area contributed by atoms with E-state index in [1.54, 1.807) is 84.9 Å². The number of anilines is 8. The molecule has 0 aromatic heterocycles. The lowest BCUT2D eigenvalue weighted by molar-refractivity contribution is 0.349. The molecule has 1 unspecified atom stereocenters. The van der Waals surface area contributed by atoms with Gasteiger partial charge in [-0.3, -0.25) is 0 Å². The van der Waals surface area contributed by atoms with E-state index in [-0.39, 0.29) is 118 Å². The summed E-state index contributed by atoms with van der Waals surface area (Å²) in [6.07, 6.45) is 24.9. The van der Waals surface area contributed by atoms with E-state index in [2.05, 4.69) is 73.2 Å². The van der Waals surface area contributed by atoms with Crippen LogP contribution in [-0.2, 0) is 16.2 Å². The van der Waals surface area contributed by atoms with E-state index >= 15 is 0 Å². The van der Waals surface area contributed by atoms with Gasteiger partial charge >= 0.3 is 0 Å². The molecule has 0 saturated heterocycles. The molecule has 14 aromatic carbocycles. The Kier molecular flexibility index (Phi) is 23.4. The first-order valence-corrected chi connectivity index (χ1v) is 40.4. The van der Waals surface area contributed by atoms with Crippen LogP contribution in [0.3, 0.4) is 0 Å². The van der Waals surface area contributed by atoms with Gasteiger partial charge in [-0.15, -0.1) is 25.7 Å². The molecule has 604 valence electrons. The first-order valence-electron chi connectivity index (χ1n) is 40.4. The number of rotatable bonds is 28. The minimum atomic E-state index is -0.867. The van der Waals surface area contributed by atoms with Gasteiger partial charge in [0, 0.05) is 75.2 Å². The lowest BCUT2D eigenvalue weighted by Gasteiger charge is -2.31. The molecule has 0 bridgehead atoms. The molecule has 0 saturated carbocycles. The van der Waals surface area contributed by atoms with Gasteiger partial charge in [-0.1, -0.05) is 173 Å². The van der Waals surface area contributed by atoms with E-state index in [1.165, 1.54) is 0 Å². The molecule has 0 radical (unpaired) electrons. The van der Waals surface area contributed by atoms with Crippen LogP contribution in [-0.4, -0.2) is 26.2 Å². The van der Waals surface area contributed by atoms with Crippen molar-refractivity contribution in [3.05, 3.63) is 372 Å². The molecule has 16 nitrogen and oxygen atoms in total. The molecular formula is C109H80N8O8. The second-order valence-corrected chi connectivity index (χ2v) is 31.1. The van der Waals surface area contributed by atoms with Crippen LogP contribution in [0.2, 0.25) is 0 Å². The number of para-hydroxylation sites is 6. The number of nitrogens with zero attached hydrogens (tertiary/aromatic N) is 8. The summed E-state index contributed by atoms with van der Waals surface area (Å²) in [7, 11) is 0. The molecule has 0 amide bonds. The third-order valence-electron chi connectivity index (χ3n) is 22.1. The van der Waals surface area contributed by atoms with Crippen LogP contribution >= 0.6 is 0 Å². The highest BCUT2D eigenvalue weighted by Gasteiger charge is 2.57. The molecule has 0 N–H and O–H groups in total. The molecule has 16 rings (SSSR count). The Morgan fingerprint density at radius 2 is 0.504 bits per heavy atom. The van der Waals surface area contributed by atoms with Gasteiger partial charge in [-0.2, -0.15) is 10.5 Å². The molecule has 0 heterocycles. The SMILES string of the molecule is [C-]#[N+]c1c(Oc2cccc(N(CC#C)c3ccccc3)c2)cccc1Oc1cc2c(cc1Oc1cccc(Oc3cccc(N(CC#C)c4ccccc4)c3)c1[N+]#[C-])C1(CC(C)(C)c3cc(Oc4cccc(Oc5cccc(N(CC#C)c6ccccc6)c5)c4C#N)c(Oc4cccc(Oc5cccc(N(CC#C)c6ccccc6)c5)c4C#N)cc31)CC2(C)C. The van der Waals surface area contributed by atoms with Crippen LogP contribution in [0.4, 0.5) is 56.9 Å². The molecule has 2 aliphatic rings. The number of terminal acetylenes is 4. The zero-order valence-electron chi connectivity index (χ0n) is 68.9. The highest BCUT2D eigenvalue weighted by atomic mass is 16.5. The Hall–Kier alpha value is -17.1. The normalized spacial score (nSPS) is 13.3. The van der Waals surface area contributed by atoms with Gasteiger partial charge in [0.15, 0.2) is 23.0 Å². The quantitative estimate of drug-likeness (QED) is 0.0339. The Morgan fingerprint density at radius 3 is 0.768 bits per heavy atom. The fourth-order valence-corrected chi connectivity index (χ4v) is 16.7. The Labute approximate surface area is 728 Å². The van der Waals surface area contributed by atoms with Crippen LogP contribution in [0.5, 0.6) is 92.0 Å². The molecule has 0 aliphatic heterocycles. The van der Waals surface area contributed by atoms with E-state index in [4.69, 9.17) is 76.7 Å². The van der Waals surface area contributed by atoms with E-state index in [1.807, 2.05) is 250 Å². The largest absolute Gasteiger partial charge is 0.468 e. The van der Waals surface area contributed by atoms with E-state index < -0.39 is 16.2 Å². The van der Waals surface area contributed by atoms with Crippen molar-refractivity contribution in [2.75, 3.05) is 45.8 Å². The van der Waals surface area contributed by atoms with Gasteiger partial charge in [0.25, 0.3) is 11.4 Å². The standard InChI is InChI=1S/C109H80N8O8/c1-11-59-114(75-35-19-15-20-36-75)79-43-27-47-83(63-79)118-93-51-31-53-95(87(93)71-110)122-101-67-89-91(69-103(101)123-96-54-32-52-94(88(96)72-111)119-84-48-28-44-80(64-84)115(60-12-2)76-37-21-16-22-38-76)109(73-107(89,5)6)74-108(7,8)90-68-102(124-99-57-33-55-97(105(99)112-9)120-85-49-29-45-81(65-85)116(61-13-3)77-39-23-17-24-40-77)104(70-92(90)109)125-100-58-34-56-98(106(100)113-10)121-86-50-30-46-82(66-86)117(62-14-4)78-41-25-18-26-42-78/h1-4,15-58,63-70H,59-62,73-74H2,5-8H3. The average Bonchev–Trinajstić information content (AvgIpc) is 1.52. The minimum absolute atomic E-state index is 0.0590. The van der Waals surface area contributed by atoms with Crippen LogP contribution in [0.25, 0.3) is 9.69 Å². The molecule has 16 heteroatoms. The van der Waals surface area contributed by atoms with Crippen LogP contribution < -0.4 is 57.5 Å². The number of hydrogen-bond acceptors (Lipinski definition) is 14. The number of benzene rings is 14. The lowest BCUT2D eigenvalue weighted by atomic mass is 9.72. The summed E-state index contributed by atoms with van der Waals surface area (Å²) in [4.78, 5) is 16.2. The fourth-order valence-electron chi connectivity index (χ4n) is 16.7. The van der Waals surface area contributed by atoms with E-state index in [0.717, 1.165) is 67.8 Å². The Morgan fingerprint density at radius 1 is 0.280 bits per heavy atom. The zero-order chi connectivity index (χ0) is 86.6. The van der Waals surface area contributed by atoms with Gasteiger partial charge < -0.3 is 57.5 Å². The Bertz CT molecular complexity index is 6390. The van der Waals surface area contributed by atoms with E-state index in [0.29, 0.717) is 35.8 Å². The third-order valence-corrected chi connectivity index (χ3v) is 22.1. The first-order chi connectivity index (χ1) is 61.0. The van der Waals surface area contributed by atoms with Crippen molar-refractivity contribution < 1.29 is 37.9 Å². The summed E-state index contributed by atoms with van der Waals surface area (Å²) in [5.41, 5.74) is 8.34.